The molecule has 0 aromatic heterocycles. The largest absolute Gasteiger partial charge is 0.380 e. The number of ether oxygens (including phenoxy) is 1. The second-order valence-corrected chi connectivity index (χ2v) is 5.85. The first-order valence-corrected chi connectivity index (χ1v) is 7.49. The van der Waals surface area contributed by atoms with Gasteiger partial charge in [-0.25, -0.2) is 13.6 Å². The lowest BCUT2D eigenvalue weighted by molar-refractivity contribution is -0.118. The number of sulfonamides is 1. The molecular weight excluding hydrogens is 282 g/mol. The molecule has 5 N–H and O–H groups in total. The van der Waals surface area contributed by atoms with Crippen molar-refractivity contribution in [2.24, 2.45) is 10.9 Å². The van der Waals surface area contributed by atoms with Gasteiger partial charge in [0.2, 0.25) is 15.9 Å². The summed E-state index contributed by atoms with van der Waals surface area (Å²) in [7, 11) is -2.35. The summed E-state index contributed by atoms with van der Waals surface area (Å²) in [5.74, 6) is -0.308. The van der Waals surface area contributed by atoms with E-state index in [1.807, 2.05) is 0 Å². The third kappa shape index (κ3) is 4.27. The van der Waals surface area contributed by atoms with Gasteiger partial charge in [-0.2, -0.15) is 0 Å². The molecule has 1 aromatic rings. The highest BCUT2D eigenvalue weighted by Gasteiger charge is 2.16. The third-order valence-corrected chi connectivity index (χ3v) is 3.93. The predicted octanol–water partition coefficient (Wildman–Crippen LogP) is -0.0553. The third-order valence-electron chi connectivity index (χ3n) is 2.87. The molecule has 0 saturated carbocycles. The molecule has 0 radical (unpaired) electrons. The molecule has 0 aliphatic heterocycles. The molecule has 0 spiro atoms. The Hall–Kier alpha value is -1.48. The summed E-state index contributed by atoms with van der Waals surface area (Å²) >= 11 is 0. The molecule has 112 valence electrons. The highest BCUT2D eigenvalue weighted by atomic mass is 32.2. The SMILES string of the molecule is COC(CN)CC(=O)Nc1cccc(S(N)(=O)=O)c1C. The molecule has 0 fully saturated rings. The Labute approximate surface area is 118 Å². The zero-order chi connectivity index (χ0) is 15.3. The second-order valence-electron chi connectivity index (χ2n) is 4.32. The van der Waals surface area contributed by atoms with Crippen molar-refractivity contribution in [1.82, 2.24) is 0 Å². The maximum absolute atomic E-state index is 11.8. The van der Waals surface area contributed by atoms with Gasteiger partial charge in [0.25, 0.3) is 0 Å². The molecule has 1 amide bonds. The van der Waals surface area contributed by atoms with E-state index in [0.717, 1.165) is 0 Å². The number of benzene rings is 1. The van der Waals surface area contributed by atoms with Crippen molar-refractivity contribution in [2.75, 3.05) is 19.0 Å². The molecule has 0 aliphatic rings. The van der Waals surface area contributed by atoms with Crippen LogP contribution in [-0.2, 0) is 19.6 Å². The van der Waals surface area contributed by atoms with Crippen molar-refractivity contribution in [2.45, 2.75) is 24.3 Å². The highest BCUT2D eigenvalue weighted by molar-refractivity contribution is 7.89. The predicted molar refractivity (Wildman–Crippen MR) is 75.7 cm³/mol. The summed E-state index contributed by atoms with van der Waals surface area (Å²) in [5, 5.41) is 7.73. The molecule has 7 nitrogen and oxygen atoms in total. The minimum atomic E-state index is -3.82. The molecular formula is C12H19N3O4S. The van der Waals surface area contributed by atoms with Crippen LogP contribution in [0.25, 0.3) is 0 Å². The number of primary sulfonamides is 1. The monoisotopic (exact) mass is 301 g/mol. The number of hydrogen-bond acceptors (Lipinski definition) is 5. The van der Waals surface area contributed by atoms with Gasteiger partial charge in [-0.15, -0.1) is 0 Å². The number of nitrogens with two attached hydrogens (primary N) is 2. The van der Waals surface area contributed by atoms with Gasteiger partial charge in [-0.1, -0.05) is 6.07 Å². The van der Waals surface area contributed by atoms with Crippen LogP contribution in [0.15, 0.2) is 23.1 Å². The van der Waals surface area contributed by atoms with Crippen LogP contribution in [0.3, 0.4) is 0 Å². The van der Waals surface area contributed by atoms with Crippen LogP contribution < -0.4 is 16.2 Å². The van der Waals surface area contributed by atoms with Crippen LogP contribution in [0, 0.1) is 6.92 Å². The van der Waals surface area contributed by atoms with E-state index in [2.05, 4.69) is 5.32 Å². The van der Waals surface area contributed by atoms with Gasteiger partial charge in [-0.05, 0) is 24.6 Å². The van der Waals surface area contributed by atoms with Crippen molar-refractivity contribution in [3.8, 4) is 0 Å². The molecule has 1 unspecified atom stereocenters. The number of carbonyl (C=O) groups excluding carboxylic acids is 1. The fourth-order valence-electron chi connectivity index (χ4n) is 1.73. The van der Waals surface area contributed by atoms with Crippen LogP contribution >= 0.6 is 0 Å². The van der Waals surface area contributed by atoms with Crippen molar-refractivity contribution >= 4 is 21.6 Å². The molecule has 8 heteroatoms. The average molecular weight is 301 g/mol. The van der Waals surface area contributed by atoms with Crippen LogP contribution in [-0.4, -0.2) is 34.1 Å². The standard InChI is InChI=1S/C12H19N3O4S/c1-8-10(4-3-5-11(8)20(14,17)18)15-12(16)6-9(7-13)19-2/h3-5,9H,6-7,13H2,1-2H3,(H,15,16)(H2,14,17,18). The maximum Gasteiger partial charge on any atom is 0.238 e. The number of anilines is 1. The molecule has 1 atom stereocenters. The van der Waals surface area contributed by atoms with E-state index in [-0.39, 0.29) is 29.9 Å². The van der Waals surface area contributed by atoms with Crippen molar-refractivity contribution in [3.05, 3.63) is 23.8 Å². The Balaban J connectivity index is 2.92. The fraction of sp³-hybridized carbons (Fsp3) is 0.417. The Morgan fingerprint density at radius 2 is 2.10 bits per heavy atom. The first kappa shape index (κ1) is 16.6. The Bertz CT molecular complexity index is 582. The zero-order valence-corrected chi connectivity index (χ0v) is 12.2. The summed E-state index contributed by atoms with van der Waals surface area (Å²) in [5.41, 5.74) is 6.23. The van der Waals surface area contributed by atoms with E-state index in [4.69, 9.17) is 15.6 Å². The minimum absolute atomic E-state index is 0.0163. The lowest BCUT2D eigenvalue weighted by atomic mass is 10.2. The van der Waals surface area contributed by atoms with E-state index < -0.39 is 10.0 Å². The topological polar surface area (TPSA) is 125 Å². The van der Waals surface area contributed by atoms with Gasteiger partial charge in [0.1, 0.15) is 0 Å². The zero-order valence-electron chi connectivity index (χ0n) is 11.4. The number of methoxy groups -OCH3 is 1. The van der Waals surface area contributed by atoms with Gasteiger partial charge < -0.3 is 15.8 Å². The Morgan fingerprint density at radius 3 is 2.60 bits per heavy atom. The minimum Gasteiger partial charge on any atom is -0.380 e. The van der Waals surface area contributed by atoms with E-state index in [9.17, 15) is 13.2 Å². The van der Waals surface area contributed by atoms with E-state index in [1.54, 1.807) is 13.0 Å². The first-order valence-electron chi connectivity index (χ1n) is 5.94. The first-order chi connectivity index (χ1) is 9.29. The molecule has 0 saturated heterocycles. The Kier molecular flexibility index (Phi) is 5.63. The molecule has 20 heavy (non-hydrogen) atoms. The summed E-state index contributed by atoms with van der Waals surface area (Å²) in [6, 6.07) is 4.50. The summed E-state index contributed by atoms with van der Waals surface area (Å²) in [6.45, 7) is 1.80. The van der Waals surface area contributed by atoms with Crippen molar-refractivity contribution < 1.29 is 17.9 Å². The van der Waals surface area contributed by atoms with E-state index >= 15 is 0 Å². The lowest BCUT2D eigenvalue weighted by Crippen LogP contribution is -2.28. The Morgan fingerprint density at radius 1 is 1.45 bits per heavy atom. The second kappa shape index (κ2) is 6.80. The van der Waals surface area contributed by atoms with Crippen molar-refractivity contribution in [1.29, 1.82) is 0 Å². The number of carbonyl (C=O) groups is 1. The van der Waals surface area contributed by atoms with Crippen molar-refractivity contribution in [3.63, 3.8) is 0 Å². The number of nitrogens with one attached hydrogen (secondary N) is 1. The summed E-state index contributed by atoms with van der Waals surface area (Å²) in [4.78, 5) is 11.8. The molecule has 1 aromatic carbocycles. The number of hydrogen-bond donors (Lipinski definition) is 3. The van der Waals surface area contributed by atoms with Crippen LogP contribution in [0.2, 0.25) is 0 Å². The summed E-state index contributed by atoms with van der Waals surface area (Å²) < 4.78 is 27.8. The lowest BCUT2D eigenvalue weighted by Gasteiger charge is -2.14. The van der Waals surface area contributed by atoms with Gasteiger partial charge in [0, 0.05) is 19.3 Å². The van der Waals surface area contributed by atoms with Gasteiger partial charge in [0.05, 0.1) is 17.4 Å². The highest BCUT2D eigenvalue weighted by Crippen LogP contribution is 2.22. The van der Waals surface area contributed by atoms with Crippen LogP contribution in [0.1, 0.15) is 12.0 Å². The fourth-order valence-corrected chi connectivity index (χ4v) is 2.53. The average Bonchev–Trinajstić information content (AvgIpc) is 2.37. The van der Waals surface area contributed by atoms with Gasteiger partial charge >= 0.3 is 0 Å². The smallest absolute Gasteiger partial charge is 0.238 e. The van der Waals surface area contributed by atoms with Gasteiger partial charge in [0.15, 0.2) is 0 Å². The van der Waals surface area contributed by atoms with Crippen LogP contribution in [0.5, 0.6) is 0 Å². The molecule has 0 aliphatic carbocycles. The van der Waals surface area contributed by atoms with Gasteiger partial charge in [-0.3, -0.25) is 4.79 Å². The quantitative estimate of drug-likeness (QED) is 0.679. The number of amides is 1. The van der Waals surface area contributed by atoms with E-state index in [0.29, 0.717) is 11.3 Å². The molecule has 0 heterocycles. The summed E-state index contributed by atoms with van der Waals surface area (Å²) in [6.07, 6.45) is -0.289. The molecule has 1 rings (SSSR count). The maximum atomic E-state index is 11.8. The normalized spacial score (nSPS) is 13.0. The van der Waals surface area contributed by atoms with Crippen LogP contribution in [0.4, 0.5) is 5.69 Å². The van der Waals surface area contributed by atoms with E-state index in [1.165, 1.54) is 19.2 Å². The molecule has 0 bridgehead atoms. The number of rotatable bonds is 6.